The molecule has 0 bridgehead atoms. The van der Waals surface area contributed by atoms with Crippen molar-refractivity contribution in [2.75, 3.05) is 7.11 Å². The standard InChI is InChI=1S/C11H10F2N2O3/c1-17-10(16)7-3-2-6(4-14)9(8(7)5-15)18-11(12)13/h2-3,11H,5,15H2,1H3. The number of methoxy groups -OCH3 is 1. The molecule has 96 valence electrons. The molecule has 5 nitrogen and oxygen atoms in total. The Kier molecular flexibility index (Phi) is 4.57. The van der Waals surface area contributed by atoms with Crippen LogP contribution >= 0.6 is 0 Å². The van der Waals surface area contributed by atoms with Gasteiger partial charge in [0.15, 0.2) is 0 Å². The van der Waals surface area contributed by atoms with Crippen molar-refractivity contribution in [2.45, 2.75) is 13.2 Å². The molecule has 0 saturated carbocycles. The summed E-state index contributed by atoms with van der Waals surface area (Å²) in [6, 6.07) is 4.17. The van der Waals surface area contributed by atoms with Gasteiger partial charge in [-0.2, -0.15) is 14.0 Å². The molecular weight excluding hydrogens is 246 g/mol. The van der Waals surface area contributed by atoms with Gasteiger partial charge in [0, 0.05) is 12.1 Å². The van der Waals surface area contributed by atoms with E-state index in [0.29, 0.717) is 0 Å². The highest BCUT2D eigenvalue weighted by atomic mass is 19.3. The molecule has 2 N–H and O–H groups in total. The monoisotopic (exact) mass is 256 g/mol. The minimum absolute atomic E-state index is 0.00495. The highest BCUT2D eigenvalue weighted by Crippen LogP contribution is 2.28. The number of esters is 1. The number of benzene rings is 1. The summed E-state index contributed by atoms with van der Waals surface area (Å²) in [6.07, 6.45) is 0. The zero-order chi connectivity index (χ0) is 13.7. The molecule has 0 fully saturated rings. The van der Waals surface area contributed by atoms with Gasteiger partial charge in [0.05, 0.1) is 18.2 Å². The second kappa shape index (κ2) is 5.93. The van der Waals surface area contributed by atoms with Crippen molar-refractivity contribution in [1.82, 2.24) is 0 Å². The molecule has 1 rings (SSSR count). The van der Waals surface area contributed by atoms with Gasteiger partial charge in [-0.05, 0) is 12.1 Å². The molecule has 0 spiro atoms. The van der Waals surface area contributed by atoms with Gasteiger partial charge in [-0.15, -0.1) is 0 Å². The van der Waals surface area contributed by atoms with Crippen LogP contribution in [0.4, 0.5) is 8.78 Å². The molecular formula is C11H10F2N2O3. The predicted molar refractivity (Wildman–Crippen MR) is 57.0 cm³/mol. The molecule has 0 heterocycles. The van der Waals surface area contributed by atoms with Crippen LogP contribution in [0, 0.1) is 11.3 Å². The lowest BCUT2D eigenvalue weighted by Gasteiger charge is -2.14. The molecule has 7 heteroatoms. The quantitative estimate of drug-likeness (QED) is 0.823. The van der Waals surface area contributed by atoms with Crippen LogP contribution < -0.4 is 10.5 Å². The fourth-order valence-corrected chi connectivity index (χ4v) is 1.44. The number of carbonyl (C=O) groups excluding carboxylic acids is 1. The normalized spacial score (nSPS) is 10.0. The lowest BCUT2D eigenvalue weighted by atomic mass is 10.0. The summed E-state index contributed by atoms with van der Waals surface area (Å²) >= 11 is 0. The third-order valence-electron chi connectivity index (χ3n) is 2.20. The van der Waals surface area contributed by atoms with Gasteiger partial charge in [0.1, 0.15) is 11.8 Å². The van der Waals surface area contributed by atoms with Crippen molar-refractivity contribution >= 4 is 5.97 Å². The van der Waals surface area contributed by atoms with Gasteiger partial charge in [-0.25, -0.2) is 4.79 Å². The van der Waals surface area contributed by atoms with Crippen LogP contribution in [0.5, 0.6) is 5.75 Å². The Bertz CT molecular complexity index is 498. The summed E-state index contributed by atoms with van der Waals surface area (Å²) in [7, 11) is 1.15. The Labute approximate surface area is 102 Å². The molecule has 0 radical (unpaired) electrons. The first-order valence-corrected chi connectivity index (χ1v) is 4.84. The van der Waals surface area contributed by atoms with Crippen molar-refractivity contribution in [2.24, 2.45) is 5.73 Å². The number of ether oxygens (including phenoxy) is 2. The molecule has 0 amide bonds. The average Bonchev–Trinajstić information content (AvgIpc) is 2.36. The predicted octanol–water partition coefficient (Wildman–Crippen LogP) is 1.40. The van der Waals surface area contributed by atoms with E-state index in [0.717, 1.165) is 7.11 Å². The Hall–Kier alpha value is -2.20. The van der Waals surface area contributed by atoms with Crippen LogP contribution in [-0.2, 0) is 11.3 Å². The molecule has 0 aliphatic heterocycles. The number of halogens is 2. The Morgan fingerprint density at radius 2 is 2.22 bits per heavy atom. The number of nitriles is 1. The smallest absolute Gasteiger partial charge is 0.387 e. The van der Waals surface area contributed by atoms with Crippen LogP contribution in [0.1, 0.15) is 21.5 Å². The fraction of sp³-hybridized carbons (Fsp3) is 0.273. The first-order chi connectivity index (χ1) is 8.54. The zero-order valence-corrected chi connectivity index (χ0v) is 9.44. The Morgan fingerprint density at radius 3 is 2.67 bits per heavy atom. The highest BCUT2D eigenvalue weighted by Gasteiger charge is 2.21. The lowest BCUT2D eigenvalue weighted by Crippen LogP contribution is -2.14. The third kappa shape index (κ3) is 2.73. The van der Waals surface area contributed by atoms with Crippen LogP contribution in [0.25, 0.3) is 0 Å². The first kappa shape index (κ1) is 13.9. The molecule has 1 aromatic carbocycles. The van der Waals surface area contributed by atoms with Crippen LogP contribution in [-0.4, -0.2) is 19.7 Å². The minimum atomic E-state index is -3.12. The molecule has 0 saturated heterocycles. The molecule has 0 aliphatic carbocycles. The molecule has 0 aromatic heterocycles. The second-order valence-corrected chi connectivity index (χ2v) is 3.15. The van der Waals surface area contributed by atoms with E-state index < -0.39 is 18.3 Å². The largest absolute Gasteiger partial charge is 0.465 e. The number of carbonyl (C=O) groups is 1. The third-order valence-corrected chi connectivity index (χ3v) is 2.20. The van der Waals surface area contributed by atoms with Gasteiger partial charge in [0.25, 0.3) is 0 Å². The summed E-state index contributed by atoms with van der Waals surface area (Å²) in [5, 5.41) is 8.81. The second-order valence-electron chi connectivity index (χ2n) is 3.15. The maximum atomic E-state index is 12.3. The molecule has 18 heavy (non-hydrogen) atoms. The number of hydrogen-bond acceptors (Lipinski definition) is 5. The van der Waals surface area contributed by atoms with E-state index in [2.05, 4.69) is 9.47 Å². The minimum Gasteiger partial charge on any atom is -0.465 e. The van der Waals surface area contributed by atoms with Crippen molar-refractivity contribution in [3.63, 3.8) is 0 Å². The van der Waals surface area contributed by atoms with E-state index in [9.17, 15) is 13.6 Å². The summed E-state index contributed by atoms with van der Waals surface area (Å²) in [5.74, 6) is -1.13. The van der Waals surface area contributed by atoms with E-state index in [1.807, 2.05) is 0 Å². The molecule has 1 aromatic rings. The van der Waals surface area contributed by atoms with Crippen LogP contribution in [0.3, 0.4) is 0 Å². The molecule has 0 atom stereocenters. The SMILES string of the molecule is COC(=O)c1ccc(C#N)c(OC(F)F)c1CN. The molecule has 0 unspecified atom stereocenters. The van der Waals surface area contributed by atoms with E-state index in [4.69, 9.17) is 11.0 Å². The molecule has 0 aliphatic rings. The number of hydrogen-bond donors (Lipinski definition) is 1. The topological polar surface area (TPSA) is 85.3 Å². The lowest BCUT2D eigenvalue weighted by molar-refractivity contribution is -0.0507. The summed E-state index contributed by atoms with van der Waals surface area (Å²) < 4.78 is 33.3. The van der Waals surface area contributed by atoms with Crippen LogP contribution in [0.2, 0.25) is 0 Å². The van der Waals surface area contributed by atoms with Crippen molar-refractivity contribution in [3.05, 3.63) is 28.8 Å². The first-order valence-electron chi connectivity index (χ1n) is 4.84. The van der Waals surface area contributed by atoms with Crippen molar-refractivity contribution < 1.29 is 23.0 Å². The summed E-state index contributed by atoms with van der Waals surface area (Å²) in [6.45, 7) is -3.35. The zero-order valence-electron chi connectivity index (χ0n) is 9.44. The van der Waals surface area contributed by atoms with Gasteiger partial charge >= 0.3 is 12.6 Å². The van der Waals surface area contributed by atoms with E-state index in [1.165, 1.54) is 12.1 Å². The van der Waals surface area contributed by atoms with Crippen molar-refractivity contribution in [3.8, 4) is 11.8 Å². The van der Waals surface area contributed by atoms with E-state index in [-0.39, 0.29) is 23.2 Å². The summed E-state index contributed by atoms with van der Waals surface area (Å²) in [5.41, 5.74) is 5.29. The van der Waals surface area contributed by atoms with E-state index in [1.54, 1.807) is 6.07 Å². The van der Waals surface area contributed by atoms with Gasteiger partial charge in [-0.3, -0.25) is 0 Å². The maximum absolute atomic E-state index is 12.3. The highest BCUT2D eigenvalue weighted by molar-refractivity contribution is 5.92. The fourth-order valence-electron chi connectivity index (χ4n) is 1.44. The Balaban J connectivity index is 3.42. The van der Waals surface area contributed by atoms with E-state index >= 15 is 0 Å². The van der Waals surface area contributed by atoms with Gasteiger partial charge in [0.2, 0.25) is 0 Å². The van der Waals surface area contributed by atoms with Gasteiger partial charge < -0.3 is 15.2 Å². The van der Waals surface area contributed by atoms with Crippen LogP contribution in [0.15, 0.2) is 12.1 Å². The van der Waals surface area contributed by atoms with Crippen molar-refractivity contribution in [1.29, 1.82) is 5.26 Å². The van der Waals surface area contributed by atoms with Gasteiger partial charge in [-0.1, -0.05) is 0 Å². The Morgan fingerprint density at radius 1 is 1.56 bits per heavy atom. The number of nitrogens with zero attached hydrogens (tertiary/aromatic N) is 1. The maximum Gasteiger partial charge on any atom is 0.387 e. The number of nitrogens with two attached hydrogens (primary N) is 1. The number of alkyl halides is 2. The number of rotatable bonds is 4. The average molecular weight is 256 g/mol. The summed E-state index contributed by atoms with van der Waals surface area (Å²) in [4.78, 5) is 11.4.